The molecule has 1 aromatic carbocycles. The molecule has 0 aromatic heterocycles. The van der Waals surface area contributed by atoms with Gasteiger partial charge in [0.25, 0.3) is 0 Å². The molecule has 2 saturated heterocycles. The first-order chi connectivity index (χ1) is 19.8. The molecule has 6 aliphatic rings. The van der Waals surface area contributed by atoms with Gasteiger partial charge in [-0.15, -0.1) is 13.2 Å². The van der Waals surface area contributed by atoms with E-state index in [-0.39, 0.29) is 42.0 Å². The number of amides is 1. The first-order valence-electron chi connectivity index (χ1n) is 14.1. The van der Waals surface area contributed by atoms with Crippen molar-refractivity contribution in [3.8, 4) is 11.5 Å². The number of halogens is 3. The molecule has 3 aliphatic heterocycles. The number of ether oxygens (including phenoxy) is 1. The van der Waals surface area contributed by atoms with Crippen molar-refractivity contribution in [2.45, 2.75) is 44.1 Å². The minimum Gasteiger partial charge on any atom is -0.505 e. The summed E-state index contributed by atoms with van der Waals surface area (Å²) in [5.41, 5.74) is 3.65. The number of phenolic OH excluding ortho intramolecular Hbond substituents is 1. The van der Waals surface area contributed by atoms with Gasteiger partial charge in [-0.1, -0.05) is 0 Å². The first-order valence-corrected chi connectivity index (χ1v) is 14.1. The number of hydrogen-bond donors (Lipinski definition) is 4. The van der Waals surface area contributed by atoms with Crippen LogP contribution >= 0.6 is 0 Å². The lowest BCUT2D eigenvalue weighted by atomic mass is 9.47. The maximum Gasteiger partial charge on any atom is 0.573 e. The SMILES string of the molecule is CN1CCC23CC4Cc5c(OC(F)(F)F)c6c(c(O)c5C(=O)C4C(=O)C2C(=O)C(C(N)=O)C(=O)C13)NCC1CCNC61. The number of phenols is 1. The lowest BCUT2D eigenvalue weighted by molar-refractivity contribution is -0.275. The zero-order chi connectivity index (χ0) is 30.0. The minimum atomic E-state index is -5.11. The van der Waals surface area contributed by atoms with Gasteiger partial charge in [-0.05, 0) is 57.7 Å². The van der Waals surface area contributed by atoms with Crippen LogP contribution < -0.4 is 21.1 Å². The summed E-state index contributed by atoms with van der Waals surface area (Å²) in [6, 6.07) is -1.54. The summed E-state index contributed by atoms with van der Waals surface area (Å²) < 4.78 is 46.2. The Balaban J connectivity index is 1.40. The van der Waals surface area contributed by atoms with Crippen molar-refractivity contribution in [3.05, 3.63) is 16.7 Å². The highest BCUT2D eigenvalue weighted by Crippen LogP contribution is 2.61. The van der Waals surface area contributed by atoms with Gasteiger partial charge >= 0.3 is 6.36 Å². The Bertz CT molecular complexity index is 1490. The lowest BCUT2D eigenvalue weighted by Gasteiger charge is -2.53. The predicted octanol–water partition coefficient (Wildman–Crippen LogP) is 0.871. The summed E-state index contributed by atoms with van der Waals surface area (Å²) in [5, 5.41) is 17.5. The molecule has 1 amide bonds. The van der Waals surface area contributed by atoms with Crippen LogP contribution in [-0.2, 0) is 25.6 Å². The average Bonchev–Trinajstić information content (AvgIpc) is 3.49. The van der Waals surface area contributed by atoms with Gasteiger partial charge in [0.15, 0.2) is 29.1 Å². The largest absolute Gasteiger partial charge is 0.573 e. The molecule has 8 unspecified atom stereocenters. The number of hydrogen-bond acceptors (Lipinski definition) is 10. The number of carbonyl (C=O) groups excluding carboxylic acids is 5. The third-order valence-electron chi connectivity index (χ3n) is 10.6. The number of benzene rings is 1. The van der Waals surface area contributed by atoms with Crippen molar-refractivity contribution in [1.82, 2.24) is 10.2 Å². The molecule has 2 saturated carbocycles. The Morgan fingerprint density at radius 3 is 2.57 bits per heavy atom. The van der Waals surface area contributed by atoms with Crippen LogP contribution in [0.2, 0.25) is 0 Å². The zero-order valence-electron chi connectivity index (χ0n) is 22.5. The summed E-state index contributed by atoms with van der Waals surface area (Å²) in [5.74, 6) is -11.3. The molecule has 7 rings (SSSR count). The van der Waals surface area contributed by atoms with Crippen LogP contribution in [0.5, 0.6) is 11.5 Å². The van der Waals surface area contributed by atoms with Crippen molar-refractivity contribution < 1.29 is 47.0 Å². The van der Waals surface area contributed by atoms with Crippen molar-refractivity contribution in [3.63, 3.8) is 0 Å². The number of ketones is 4. The van der Waals surface area contributed by atoms with Gasteiger partial charge in [-0.25, -0.2) is 0 Å². The Hall–Kier alpha value is -3.52. The maximum absolute atomic E-state index is 14.2. The average molecular weight is 591 g/mol. The number of Topliss-reactive ketones (excluding diaryl/α,β-unsaturated/α-hetero) is 4. The van der Waals surface area contributed by atoms with Gasteiger partial charge in [0.05, 0.1) is 29.1 Å². The maximum atomic E-state index is 14.2. The van der Waals surface area contributed by atoms with Crippen LogP contribution in [0.25, 0.3) is 0 Å². The molecule has 14 heteroatoms. The number of alkyl halides is 3. The van der Waals surface area contributed by atoms with Crippen molar-refractivity contribution >= 4 is 34.7 Å². The Morgan fingerprint density at radius 1 is 1.14 bits per heavy atom. The third-order valence-corrected chi connectivity index (χ3v) is 10.6. The fourth-order valence-corrected chi connectivity index (χ4v) is 9.15. The molecule has 4 fully saturated rings. The number of nitrogens with zero attached hydrogens (tertiary/aromatic N) is 1. The molecular formula is C28H29F3N4O7. The molecule has 224 valence electrons. The fraction of sp³-hybridized carbons (Fsp3) is 0.607. The highest BCUT2D eigenvalue weighted by atomic mass is 19.4. The molecule has 8 atom stereocenters. The topological polar surface area (TPSA) is 168 Å². The van der Waals surface area contributed by atoms with Crippen molar-refractivity contribution in [2.24, 2.45) is 40.7 Å². The van der Waals surface area contributed by atoms with E-state index in [1.54, 1.807) is 11.9 Å². The van der Waals surface area contributed by atoms with E-state index in [0.717, 1.165) is 0 Å². The van der Waals surface area contributed by atoms with E-state index in [1.807, 2.05) is 0 Å². The molecule has 11 nitrogen and oxygen atoms in total. The second kappa shape index (κ2) is 8.75. The Labute approximate surface area is 237 Å². The van der Waals surface area contributed by atoms with Gasteiger partial charge < -0.3 is 26.2 Å². The number of carbonyl (C=O) groups is 5. The minimum absolute atomic E-state index is 0.0169. The second-order valence-electron chi connectivity index (χ2n) is 12.6. The summed E-state index contributed by atoms with van der Waals surface area (Å²) in [4.78, 5) is 69.1. The molecule has 42 heavy (non-hydrogen) atoms. The van der Waals surface area contributed by atoms with Crippen LogP contribution in [0.15, 0.2) is 0 Å². The molecular weight excluding hydrogens is 561 g/mol. The predicted molar refractivity (Wildman–Crippen MR) is 136 cm³/mol. The van der Waals surface area contributed by atoms with E-state index in [4.69, 9.17) is 5.73 Å². The zero-order valence-corrected chi connectivity index (χ0v) is 22.5. The van der Waals surface area contributed by atoms with E-state index < -0.39 is 93.6 Å². The number of primary amides is 1. The van der Waals surface area contributed by atoms with E-state index in [0.29, 0.717) is 26.1 Å². The summed E-state index contributed by atoms with van der Waals surface area (Å²) >= 11 is 0. The number of nitrogens with one attached hydrogen (secondary N) is 2. The monoisotopic (exact) mass is 590 g/mol. The summed E-state index contributed by atoms with van der Waals surface area (Å²) in [6.07, 6.45) is -4.37. The number of fused-ring (bicyclic) bond motifs is 5. The van der Waals surface area contributed by atoms with Crippen LogP contribution in [0.4, 0.5) is 18.9 Å². The van der Waals surface area contributed by atoms with Crippen LogP contribution in [0.3, 0.4) is 0 Å². The number of anilines is 1. The highest BCUT2D eigenvalue weighted by Gasteiger charge is 2.70. The molecule has 0 radical (unpaired) electrons. The molecule has 5 N–H and O–H groups in total. The number of nitrogens with two attached hydrogens (primary N) is 1. The number of rotatable bonds is 2. The van der Waals surface area contributed by atoms with Crippen LogP contribution in [-0.4, -0.2) is 78.1 Å². The molecule has 3 heterocycles. The van der Waals surface area contributed by atoms with Crippen LogP contribution in [0.1, 0.15) is 46.8 Å². The third kappa shape index (κ3) is 3.44. The smallest absolute Gasteiger partial charge is 0.505 e. The number of aromatic hydroxyl groups is 1. The highest BCUT2D eigenvalue weighted by molar-refractivity contribution is 6.29. The van der Waals surface area contributed by atoms with Crippen molar-refractivity contribution in [1.29, 1.82) is 0 Å². The molecule has 1 aromatic rings. The standard InChI is InChI=1S/C28H29F3N4O7/c1-35-5-3-27-7-10-6-11-13(19(36)12(10)20(37)16(27)21(38)15(26(32)41)23(40)25(27)35)22(39)18-14(24(11)42-28(29,30)31)17-9(8-34-18)2-4-33-17/h9-10,12,15-17,25,33-34,39H,2-8H2,1H3,(H2,32,41). The van der Waals surface area contributed by atoms with Gasteiger partial charge in [0.2, 0.25) is 5.91 Å². The molecule has 1 spiro atoms. The number of likely N-dealkylation sites (tertiary alicyclic amines) is 1. The van der Waals surface area contributed by atoms with Gasteiger partial charge in [-0.2, -0.15) is 0 Å². The first kappa shape index (κ1) is 27.3. The quantitative estimate of drug-likeness (QED) is 0.287. The Kier molecular flexibility index (Phi) is 5.70. The van der Waals surface area contributed by atoms with E-state index in [1.165, 1.54) is 0 Å². The normalized spacial score (nSPS) is 37.2. The van der Waals surface area contributed by atoms with Crippen LogP contribution in [0, 0.1) is 35.0 Å². The van der Waals surface area contributed by atoms with E-state index in [2.05, 4.69) is 15.4 Å². The lowest BCUT2D eigenvalue weighted by Crippen LogP contribution is -2.67. The summed E-state index contributed by atoms with van der Waals surface area (Å²) in [6.45, 7) is 1.22. The van der Waals surface area contributed by atoms with Gasteiger partial charge in [0.1, 0.15) is 11.5 Å². The summed E-state index contributed by atoms with van der Waals surface area (Å²) in [7, 11) is 1.64. The molecule has 0 bridgehead atoms. The van der Waals surface area contributed by atoms with Gasteiger partial charge in [-0.3, -0.25) is 28.9 Å². The van der Waals surface area contributed by atoms with E-state index in [9.17, 15) is 42.3 Å². The number of likely N-dealkylation sites (N-methyl/N-ethyl adjacent to an activating group) is 1. The second-order valence-corrected chi connectivity index (χ2v) is 12.6. The Morgan fingerprint density at radius 2 is 1.88 bits per heavy atom. The van der Waals surface area contributed by atoms with Gasteiger partial charge in [0, 0.05) is 29.1 Å². The van der Waals surface area contributed by atoms with E-state index >= 15 is 0 Å². The fourth-order valence-electron chi connectivity index (χ4n) is 9.15. The molecule has 3 aliphatic carbocycles. The van der Waals surface area contributed by atoms with Crippen molar-refractivity contribution in [2.75, 3.05) is 32.0 Å².